The van der Waals surface area contributed by atoms with Crippen LogP contribution in [-0.2, 0) is 16.6 Å². The minimum atomic E-state index is -3.71. The summed E-state index contributed by atoms with van der Waals surface area (Å²) < 4.78 is 36.5. The number of hydrogen-bond acceptors (Lipinski definition) is 8. The lowest BCUT2D eigenvalue weighted by atomic mass is 10.2. The summed E-state index contributed by atoms with van der Waals surface area (Å²) in [6.45, 7) is 0.285. The predicted octanol–water partition coefficient (Wildman–Crippen LogP) is 0.327. The molecule has 0 fully saturated rings. The molecule has 3 N–H and O–H groups in total. The first-order chi connectivity index (χ1) is 9.54. The van der Waals surface area contributed by atoms with Crippen molar-refractivity contribution in [3.8, 4) is 11.5 Å². The second-order valence-electron chi connectivity index (χ2n) is 3.92. The van der Waals surface area contributed by atoms with Gasteiger partial charge >= 0.3 is 0 Å². The molecule has 2 aromatic rings. The van der Waals surface area contributed by atoms with Gasteiger partial charge in [0.1, 0.15) is 0 Å². The van der Waals surface area contributed by atoms with Gasteiger partial charge in [0.05, 0.1) is 0 Å². The predicted molar refractivity (Wildman–Crippen MR) is 70.9 cm³/mol. The fraction of sp³-hybridized carbons (Fsp3) is 0.200. The van der Waals surface area contributed by atoms with E-state index in [9.17, 15) is 8.42 Å². The number of sulfonamides is 1. The topological polar surface area (TPSA) is 116 Å². The van der Waals surface area contributed by atoms with Gasteiger partial charge in [0.25, 0.3) is 10.0 Å². The quantitative estimate of drug-likeness (QED) is 0.835. The van der Waals surface area contributed by atoms with Gasteiger partial charge in [-0.1, -0.05) is 17.4 Å². The average molecular weight is 314 g/mol. The molecule has 2 heterocycles. The van der Waals surface area contributed by atoms with E-state index < -0.39 is 10.0 Å². The number of hydrogen-bond donors (Lipinski definition) is 2. The van der Waals surface area contributed by atoms with Crippen molar-refractivity contribution in [3.05, 3.63) is 23.8 Å². The van der Waals surface area contributed by atoms with E-state index in [1.165, 1.54) is 0 Å². The molecular weight excluding hydrogens is 304 g/mol. The van der Waals surface area contributed by atoms with Gasteiger partial charge in [0.15, 0.2) is 11.5 Å². The van der Waals surface area contributed by atoms with Crippen LogP contribution in [0.4, 0.5) is 5.13 Å². The standard InChI is InChI=1S/C10H10N4O4S2/c11-9-13-14-10(19-9)20(15,16)12-4-6-1-2-7-8(3-6)18-5-17-7/h1-3,12H,4-5H2,(H2,11,13). The number of nitrogen functional groups attached to an aromatic ring is 1. The van der Waals surface area contributed by atoms with Gasteiger partial charge in [-0.2, -0.15) is 0 Å². The van der Waals surface area contributed by atoms with Crippen LogP contribution in [-0.4, -0.2) is 25.4 Å². The summed E-state index contributed by atoms with van der Waals surface area (Å²) >= 11 is 0.810. The van der Waals surface area contributed by atoms with Gasteiger partial charge in [-0.25, -0.2) is 13.1 Å². The van der Waals surface area contributed by atoms with Crippen LogP contribution in [0.15, 0.2) is 22.5 Å². The molecule has 1 aromatic heterocycles. The minimum Gasteiger partial charge on any atom is -0.454 e. The van der Waals surface area contributed by atoms with Crippen LogP contribution in [0.25, 0.3) is 0 Å². The number of nitrogens with two attached hydrogens (primary N) is 1. The van der Waals surface area contributed by atoms with Gasteiger partial charge < -0.3 is 15.2 Å². The number of rotatable bonds is 4. The molecule has 0 saturated heterocycles. The summed E-state index contributed by atoms with van der Waals surface area (Å²) in [4.78, 5) is 0. The van der Waals surface area contributed by atoms with E-state index in [2.05, 4.69) is 14.9 Å². The number of nitrogens with one attached hydrogen (secondary N) is 1. The van der Waals surface area contributed by atoms with Crippen molar-refractivity contribution in [3.63, 3.8) is 0 Å². The van der Waals surface area contributed by atoms with Crippen LogP contribution in [0.3, 0.4) is 0 Å². The van der Waals surface area contributed by atoms with Gasteiger partial charge in [-0.15, -0.1) is 10.2 Å². The van der Waals surface area contributed by atoms with Gasteiger partial charge in [0, 0.05) is 6.54 Å². The van der Waals surface area contributed by atoms with E-state index in [0.29, 0.717) is 11.5 Å². The molecule has 1 aromatic carbocycles. The largest absolute Gasteiger partial charge is 0.454 e. The molecule has 0 radical (unpaired) electrons. The third-order valence-electron chi connectivity index (χ3n) is 2.56. The number of benzene rings is 1. The van der Waals surface area contributed by atoms with Crippen LogP contribution in [0.5, 0.6) is 11.5 Å². The van der Waals surface area contributed by atoms with Gasteiger partial charge in [-0.05, 0) is 17.7 Å². The van der Waals surface area contributed by atoms with Crippen molar-refractivity contribution >= 4 is 26.5 Å². The summed E-state index contributed by atoms with van der Waals surface area (Å²) in [5, 5.41) is 7.09. The number of aromatic nitrogens is 2. The first-order valence-electron chi connectivity index (χ1n) is 5.52. The Hall–Kier alpha value is -1.91. The molecule has 0 unspecified atom stereocenters. The molecule has 0 atom stereocenters. The Morgan fingerprint density at radius 3 is 2.85 bits per heavy atom. The molecule has 0 saturated carbocycles. The molecule has 0 amide bonds. The lowest BCUT2D eigenvalue weighted by molar-refractivity contribution is 0.174. The third-order valence-corrected chi connectivity index (χ3v) is 5.08. The summed E-state index contributed by atoms with van der Waals surface area (Å²) in [5.74, 6) is 1.25. The summed E-state index contributed by atoms with van der Waals surface area (Å²) in [7, 11) is -3.71. The maximum Gasteiger partial charge on any atom is 0.270 e. The fourth-order valence-corrected chi connectivity index (χ4v) is 3.46. The number of ether oxygens (including phenoxy) is 2. The van der Waals surface area contributed by atoms with Crippen LogP contribution in [0.2, 0.25) is 0 Å². The highest BCUT2D eigenvalue weighted by Gasteiger charge is 2.20. The summed E-state index contributed by atoms with van der Waals surface area (Å²) in [5.41, 5.74) is 6.11. The molecular formula is C10H10N4O4S2. The molecule has 8 nitrogen and oxygen atoms in total. The second-order valence-corrected chi connectivity index (χ2v) is 6.87. The Bertz CT molecular complexity index is 743. The lowest BCUT2D eigenvalue weighted by Gasteiger charge is -2.04. The van der Waals surface area contributed by atoms with Crippen LogP contribution < -0.4 is 19.9 Å². The van der Waals surface area contributed by atoms with E-state index in [1.807, 2.05) is 0 Å². The lowest BCUT2D eigenvalue weighted by Crippen LogP contribution is -2.23. The van der Waals surface area contributed by atoms with E-state index in [1.54, 1.807) is 18.2 Å². The Morgan fingerprint density at radius 1 is 1.30 bits per heavy atom. The van der Waals surface area contributed by atoms with E-state index in [0.717, 1.165) is 16.9 Å². The molecule has 20 heavy (non-hydrogen) atoms. The molecule has 106 valence electrons. The van der Waals surface area contributed by atoms with E-state index in [4.69, 9.17) is 15.2 Å². The molecule has 10 heteroatoms. The van der Waals surface area contributed by atoms with Crippen LogP contribution in [0, 0.1) is 0 Å². The zero-order valence-corrected chi connectivity index (χ0v) is 11.7. The van der Waals surface area contributed by atoms with Gasteiger partial charge in [-0.3, -0.25) is 0 Å². The maximum atomic E-state index is 11.9. The smallest absolute Gasteiger partial charge is 0.270 e. The van der Waals surface area contributed by atoms with Crippen molar-refractivity contribution in [2.75, 3.05) is 12.5 Å². The first kappa shape index (κ1) is 13.1. The minimum absolute atomic E-state index is 0.105. The highest BCUT2D eigenvalue weighted by atomic mass is 32.2. The molecule has 0 bridgehead atoms. The summed E-state index contributed by atoms with van der Waals surface area (Å²) in [6.07, 6.45) is 0. The second kappa shape index (κ2) is 4.89. The van der Waals surface area contributed by atoms with Crippen molar-refractivity contribution in [2.45, 2.75) is 10.9 Å². The molecule has 1 aliphatic rings. The molecule has 0 aliphatic carbocycles. The average Bonchev–Trinajstić information content (AvgIpc) is 3.04. The number of anilines is 1. The zero-order chi connectivity index (χ0) is 14.2. The van der Waals surface area contributed by atoms with Crippen molar-refractivity contribution < 1.29 is 17.9 Å². The normalized spacial score (nSPS) is 13.6. The Balaban J connectivity index is 1.73. The zero-order valence-electron chi connectivity index (χ0n) is 10.1. The number of nitrogens with zero attached hydrogens (tertiary/aromatic N) is 2. The summed E-state index contributed by atoms with van der Waals surface area (Å²) in [6, 6.07) is 5.21. The highest BCUT2D eigenvalue weighted by Crippen LogP contribution is 2.32. The monoisotopic (exact) mass is 314 g/mol. The van der Waals surface area contributed by atoms with Crippen LogP contribution in [0.1, 0.15) is 5.56 Å². The molecule has 3 rings (SSSR count). The Morgan fingerprint density at radius 2 is 2.10 bits per heavy atom. The van der Waals surface area contributed by atoms with Crippen molar-refractivity contribution in [1.29, 1.82) is 0 Å². The SMILES string of the molecule is Nc1nnc(S(=O)(=O)NCc2ccc3c(c2)OCO3)s1. The van der Waals surface area contributed by atoms with E-state index in [-0.39, 0.29) is 22.8 Å². The third kappa shape index (κ3) is 2.53. The fourth-order valence-electron chi connectivity index (χ4n) is 1.62. The Kier molecular flexibility index (Phi) is 3.20. The van der Waals surface area contributed by atoms with Crippen molar-refractivity contribution in [1.82, 2.24) is 14.9 Å². The van der Waals surface area contributed by atoms with Gasteiger partial charge in [0.2, 0.25) is 16.3 Å². The molecule has 0 spiro atoms. The van der Waals surface area contributed by atoms with Crippen molar-refractivity contribution in [2.24, 2.45) is 0 Å². The first-order valence-corrected chi connectivity index (χ1v) is 7.82. The number of fused-ring (bicyclic) bond motifs is 1. The van der Waals surface area contributed by atoms with Crippen LogP contribution >= 0.6 is 11.3 Å². The maximum absolute atomic E-state index is 11.9. The van der Waals surface area contributed by atoms with E-state index >= 15 is 0 Å². The molecule has 1 aliphatic heterocycles. The Labute approximate surface area is 118 Å². The highest BCUT2D eigenvalue weighted by molar-refractivity contribution is 7.91.